The third-order valence-corrected chi connectivity index (χ3v) is 7.99. The van der Waals surface area contributed by atoms with Gasteiger partial charge in [-0.25, -0.2) is 0 Å². The first-order valence-electron chi connectivity index (χ1n) is 14.0. The quantitative estimate of drug-likeness (QED) is 0.250. The van der Waals surface area contributed by atoms with E-state index in [4.69, 9.17) is 4.74 Å². The number of carbonyl (C=O) groups excluding carboxylic acids is 2. The molecule has 1 amide bonds. The number of rotatable bonds is 8. The Bertz CT molecular complexity index is 1980. The zero-order valence-electron chi connectivity index (χ0n) is 24.3. The van der Waals surface area contributed by atoms with E-state index in [0.717, 1.165) is 33.5 Å². The average molecular weight is 579 g/mol. The minimum Gasteiger partial charge on any atom is -0.493 e. The van der Waals surface area contributed by atoms with Gasteiger partial charge >= 0.3 is 0 Å². The first-order valence-corrected chi connectivity index (χ1v) is 14.9. The lowest BCUT2D eigenvalue weighted by molar-refractivity contribution is -0.120. The Morgan fingerprint density at radius 2 is 1.62 bits per heavy atom. The van der Waals surface area contributed by atoms with Crippen LogP contribution in [0.15, 0.2) is 83.7 Å². The smallest absolute Gasteiger partial charge is 0.269 e. The van der Waals surface area contributed by atoms with E-state index in [1.54, 1.807) is 0 Å². The van der Waals surface area contributed by atoms with Crippen molar-refractivity contribution in [1.82, 2.24) is 4.57 Å². The van der Waals surface area contributed by atoms with Crippen LogP contribution in [-0.2, 0) is 16.1 Å². The number of anilines is 1. The molecule has 0 aliphatic rings. The second-order valence-corrected chi connectivity index (χ2v) is 12.3. The van der Waals surface area contributed by atoms with Gasteiger partial charge in [-0.15, -0.1) is 11.3 Å². The molecule has 0 aliphatic heterocycles. The molecule has 214 valence electrons. The van der Waals surface area contributed by atoms with Gasteiger partial charge in [-0.2, -0.15) is 0 Å². The number of ketones is 1. The van der Waals surface area contributed by atoms with Crippen molar-refractivity contribution < 1.29 is 14.3 Å². The van der Waals surface area contributed by atoms with Gasteiger partial charge in [0.05, 0.1) is 11.1 Å². The summed E-state index contributed by atoms with van der Waals surface area (Å²) in [6.45, 7) is 7.84. The van der Waals surface area contributed by atoms with Crippen LogP contribution < -0.4 is 24.8 Å². The number of fused-ring (bicyclic) bond motifs is 2. The van der Waals surface area contributed by atoms with Crippen LogP contribution in [0.3, 0.4) is 0 Å². The van der Waals surface area contributed by atoms with E-state index in [9.17, 15) is 14.4 Å². The molecule has 0 saturated heterocycles. The number of nitrogens with zero attached hydrogens (tertiary/aromatic N) is 1. The highest BCUT2D eigenvalue weighted by Crippen LogP contribution is 2.29. The molecule has 0 bridgehead atoms. The topological polar surface area (TPSA) is 77.4 Å². The first kappa shape index (κ1) is 29.0. The molecule has 4 aromatic carbocycles. The molecule has 1 N–H and O–H groups in total. The summed E-state index contributed by atoms with van der Waals surface area (Å²) in [5.74, 6) is 0.197. The maximum Gasteiger partial charge on any atom is 0.269 e. The van der Waals surface area contributed by atoms with E-state index < -0.39 is 5.41 Å². The number of amides is 1. The minimum atomic E-state index is -0.640. The van der Waals surface area contributed by atoms with E-state index in [1.807, 2.05) is 113 Å². The Balaban J connectivity index is 1.60. The van der Waals surface area contributed by atoms with Gasteiger partial charge in [0.15, 0.2) is 5.78 Å². The summed E-state index contributed by atoms with van der Waals surface area (Å²) in [6, 6.07) is 25.4. The van der Waals surface area contributed by atoms with Crippen LogP contribution >= 0.6 is 11.3 Å². The molecule has 0 atom stereocenters. The summed E-state index contributed by atoms with van der Waals surface area (Å²) in [6.07, 6.45) is 4.14. The van der Waals surface area contributed by atoms with Crippen LogP contribution in [-0.4, -0.2) is 22.9 Å². The molecule has 5 rings (SSSR count). The van der Waals surface area contributed by atoms with E-state index in [1.165, 1.54) is 22.0 Å². The van der Waals surface area contributed by atoms with Crippen molar-refractivity contribution in [2.24, 2.45) is 5.41 Å². The van der Waals surface area contributed by atoms with Gasteiger partial charge in [-0.05, 0) is 52.2 Å². The molecule has 1 aromatic heterocycles. The maximum absolute atomic E-state index is 13.8. The van der Waals surface area contributed by atoms with Crippen molar-refractivity contribution in [2.45, 2.75) is 40.7 Å². The van der Waals surface area contributed by atoms with Gasteiger partial charge in [-0.1, -0.05) is 88.4 Å². The van der Waals surface area contributed by atoms with Gasteiger partial charge in [-0.3, -0.25) is 19.0 Å². The van der Waals surface area contributed by atoms with Crippen molar-refractivity contribution in [3.05, 3.63) is 104 Å². The average Bonchev–Trinajstić information content (AvgIpc) is 3.24. The van der Waals surface area contributed by atoms with Crippen LogP contribution in [0.4, 0.5) is 5.69 Å². The van der Waals surface area contributed by atoms with E-state index in [2.05, 4.69) is 5.32 Å². The highest BCUT2D eigenvalue weighted by atomic mass is 32.1. The fourth-order valence-corrected chi connectivity index (χ4v) is 5.65. The number of aromatic nitrogens is 1. The SMILES string of the molecule is CCCOc1ccc2ccccc2c1C=c1sc(=CC(=O)C(C)(C)C)n(CC(=O)Nc2ccc3ccccc3c2)c1=O. The Labute approximate surface area is 248 Å². The van der Waals surface area contributed by atoms with Crippen LogP contribution in [0.2, 0.25) is 0 Å². The lowest BCUT2D eigenvalue weighted by Gasteiger charge is -2.13. The summed E-state index contributed by atoms with van der Waals surface area (Å²) < 4.78 is 8.28. The van der Waals surface area contributed by atoms with Crippen molar-refractivity contribution in [3.8, 4) is 5.75 Å². The van der Waals surface area contributed by atoms with Crippen molar-refractivity contribution in [1.29, 1.82) is 0 Å². The van der Waals surface area contributed by atoms with Gasteiger partial charge in [0, 0.05) is 22.7 Å². The standard InChI is InChI=1S/C35H34N2O4S/c1-5-18-41-29-17-15-24-11-8-9-13-27(24)28(29)20-30-34(40)37(33(42-30)21-31(38)35(2,3)4)22-32(39)36-26-16-14-23-10-6-7-12-25(23)19-26/h6-17,19-21H,5,18,22H2,1-4H3,(H,36,39). The Kier molecular flexibility index (Phi) is 8.41. The van der Waals surface area contributed by atoms with Gasteiger partial charge < -0.3 is 10.1 Å². The zero-order chi connectivity index (χ0) is 29.9. The van der Waals surface area contributed by atoms with Crippen LogP contribution in [0.1, 0.15) is 39.7 Å². The summed E-state index contributed by atoms with van der Waals surface area (Å²) in [5.41, 5.74) is 0.453. The normalized spacial score (nSPS) is 12.7. The molecule has 6 nitrogen and oxygen atoms in total. The van der Waals surface area contributed by atoms with Crippen molar-refractivity contribution in [2.75, 3.05) is 11.9 Å². The molecule has 1 heterocycles. The van der Waals surface area contributed by atoms with Crippen molar-refractivity contribution in [3.63, 3.8) is 0 Å². The number of Topliss-reactive ketones (excluding diaryl/α,β-unsaturated/α-hetero) is 1. The summed E-state index contributed by atoms with van der Waals surface area (Å²) in [4.78, 5) is 40.1. The highest BCUT2D eigenvalue weighted by Gasteiger charge is 2.20. The van der Waals surface area contributed by atoms with Gasteiger partial charge in [0.2, 0.25) is 5.91 Å². The summed E-state index contributed by atoms with van der Waals surface area (Å²) in [5, 5.41) is 6.96. The van der Waals surface area contributed by atoms with Crippen molar-refractivity contribution >= 4 is 62.4 Å². The molecule has 0 unspecified atom stereocenters. The molecule has 5 aromatic rings. The number of carbonyl (C=O) groups is 2. The molecular weight excluding hydrogens is 544 g/mol. The van der Waals surface area contributed by atoms with E-state index in [-0.39, 0.29) is 23.8 Å². The van der Waals surface area contributed by atoms with Crippen LogP contribution in [0.25, 0.3) is 33.7 Å². The number of benzene rings is 4. The molecule has 0 radical (unpaired) electrons. The summed E-state index contributed by atoms with van der Waals surface area (Å²) >= 11 is 1.20. The van der Waals surface area contributed by atoms with E-state index in [0.29, 0.717) is 27.2 Å². The molecule has 0 fully saturated rings. The van der Waals surface area contributed by atoms with Gasteiger partial charge in [0.1, 0.15) is 17.0 Å². The monoisotopic (exact) mass is 578 g/mol. The number of hydrogen-bond donors (Lipinski definition) is 1. The molecule has 0 saturated carbocycles. The predicted octanol–water partition coefficient (Wildman–Crippen LogP) is 5.87. The Hall–Kier alpha value is -4.49. The first-order chi connectivity index (χ1) is 20.1. The predicted molar refractivity (Wildman–Crippen MR) is 173 cm³/mol. The zero-order valence-corrected chi connectivity index (χ0v) is 25.1. The van der Waals surface area contributed by atoms with Crippen LogP contribution in [0, 0.1) is 5.41 Å². The fraction of sp³-hybridized carbons (Fsp3) is 0.229. The van der Waals surface area contributed by atoms with E-state index >= 15 is 0 Å². The molecule has 42 heavy (non-hydrogen) atoms. The molecular formula is C35H34N2O4S. The lowest BCUT2D eigenvalue weighted by atomic mass is 9.91. The Morgan fingerprint density at radius 3 is 2.36 bits per heavy atom. The maximum atomic E-state index is 13.8. The Morgan fingerprint density at radius 1 is 0.929 bits per heavy atom. The third kappa shape index (κ3) is 6.37. The number of nitrogens with one attached hydrogen (secondary N) is 1. The highest BCUT2D eigenvalue weighted by molar-refractivity contribution is 7.07. The number of hydrogen-bond acceptors (Lipinski definition) is 5. The van der Waals surface area contributed by atoms with Crippen LogP contribution in [0.5, 0.6) is 5.75 Å². The lowest BCUT2D eigenvalue weighted by Crippen LogP contribution is -2.36. The minimum absolute atomic E-state index is 0.129. The second-order valence-electron chi connectivity index (χ2n) is 11.3. The summed E-state index contributed by atoms with van der Waals surface area (Å²) in [7, 11) is 0. The molecule has 0 spiro atoms. The second kappa shape index (κ2) is 12.2. The number of thiazole rings is 1. The largest absolute Gasteiger partial charge is 0.493 e. The molecule has 7 heteroatoms. The van der Waals surface area contributed by atoms with Gasteiger partial charge in [0.25, 0.3) is 5.56 Å². The molecule has 0 aliphatic carbocycles. The number of ether oxygens (including phenoxy) is 1. The fourth-order valence-electron chi connectivity index (χ4n) is 4.63. The third-order valence-electron chi connectivity index (χ3n) is 6.93.